The molecule has 21 heavy (non-hydrogen) atoms. The van der Waals surface area contributed by atoms with Crippen LogP contribution in [0.15, 0.2) is 53.0 Å². The van der Waals surface area contributed by atoms with Gasteiger partial charge in [0.15, 0.2) is 0 Å². The second-order valence-electron chi connectivity index (χ2n) is 5.89. The van der Waals surface area contributed by atoms with Gasteiger partial charge in [-0.2, -0.15) is 0 Å². The van der Waals surface area contributed by atoms with Crippen LogP contribution in [0.1, 0.15) is 24.5 Å². The number of rotatable bonds is 6. The van der Waals surface area contributed by atoms with Crippen molar-refractivity contribution in [2.24, 2.45) is 5.73 Å². The molecule has 0 aliphatic heterocycles. The van der Waals surface area contributed by atoms with Crippen molar-refractivity contribution in [1.82, 2.24) is 0 Å². The van der Waals surface area contributed by atoms with Gasteiger partial charge >= 0.3 is 0 Å². The molecule has 2 aromatic carbocycles. The fraction of sp³-hybridized carbons (Fsp3) is 0.333. The van der Waals surface area contributed by atoms with Gasteiger partial charge in [0.2, 0.25) is 0 Å². The lowest BCUT2D eigenvalue weighted by Crippen LogP contribution is -2.43. The van der Waals surface area contributed by atoms with Gasteiger partial charge in [0.25, 0.3) is 0 Å². The molecular weight excluding hydrogens is 324 g/mol. The summed E-state index contributed by atoms with van der Waals surface area (Å²) in [6, 6.07) is 16.9. The van der Waals surface area contributed by atoms with Gasteiger partial charge in [0.05, 0.1) is 0 Å². The maximum Gasteiger partial charge on any atom is 0.0470 e. The van der Waals surface area contributed by atoms with Crippen molar-refractivity contribution < 1.29 is 0 Å². The Balaban J connectivity index is 2.06. The van der Waals surface area contributed by atoms with Gasteiger partial charge in [-0.1, -0.05) is 46.3 Å². The Morgan fingerprint density at radius 3 is 2.48 bits per heavy atom. The Hall–Kier alpha value is -1.32. The first kappa shape index (κ1) is 16.1. The fourth-order valence-electron chi connectivity index (χ4n) is 2.44. The second kappa shape index (κ2) is 7.10. The zero-order valence-corrected chi connectivity index (χ0v) is 14.3. The molecule has 2 rings (SSSR count). The number of nitrogens with two attached hydrogens (primary N) is 1. The van der Waals surface area contributed by atoms with E-state index in [-0.39, 0.29) is 5.54 Å². The summed E-state index contributed by atoms with van der Waals surface area (Å²) in [6.07, 6.45) is 2.02. The molecule has 0 amide bonds. The highest BCUT2D eigenvalue weighted by atomic mass is 79.9. The largest absolute Gasteiger partial charge is 0.379 e. The maximum atomic E-state index is 6.02. The zero-order chi connectivity index (χ0) is 15.3. The third-order valence-electron chi connectivity index (χ3n) is 3.75. The monoisotopic (exact) mass is 346 g/mol. The van der Waals surface area contributed by atoms with Gasteiger partial charge in [-0.15, -0.1) is 0 Å². The molecule has 2 aromatic rings. The third kappa shape index (κ3) is 4.87. The van der Waals surface area contributed by atoms with E-state index in [1.54, 1.807) is 0 Å². The fourth-order valence-corrected chi connectivity index (χ4v) is 3.05. The number of anilines is 1. The molecule has 3 heteroatoms. The van der Waals surface area contributed by atoms with Crippen LogP contribution < -0.4 is 11.1 Å². The SMILES string of the molecule is Cc1cc(Br)cc(NC(C)(CN)CCc2ccccc2)c1. The molecule has 3 N–H and O–H groups in total. The summed E-state index contributed by atoms with van der Waals surface area (Å²) in [6.45, 7) is 4.89. The van der Waals surface area contributed by atoms with Crippen molar-refractivity contribution in [3.8, 4) is 0 Å². The first-order chi connectivity index (χ1) is 10.0. The number of benzene rings is 2. The summed E-state index contributed by atoms with van der Waals surface area (Å²) in [5, 5.41) is 3.60. The van der Waals surface area contributed by atoms with Crippen molar-refractivity contribution >= 4 is 21.6 Å². The van der Waals surface area contributed by atoms with Gasteiger partial charge < -0.3 is 11.1 Å². The highest BCUT2D eigenvalue weighted by Gasteiger charge is 2.22. The number of aryl methyl sites for hydroxylation is 2. The van der Waals surface area contributed by atoms with E-state index in [4.69, 9.17) is 5.73 Å². The van der Waals surface area contributed by atoms with Gasteiger partial charge in [-0.05, 0) is 56.0 Å². The van der Waals surface area contributed by atoms with E-state index in [9.17, 15) is 0 Å². The summed E-state index contributed by atoms with van der Waals surface area (Å²) < 4.78 is 1.09. The number of halogens is 1. The molecule has 2 nitrogen and oxygen atoms in total. The van der Waals surface area contributed by atoms with Crippen LogP contribution in [-0.2, 0) is 6.42 Å². The van der Waals surface area contributed by atoms with Crippen LogP contribution in [0.25, 0.3) is 0 Å². The highest BCUT2D eigenvalue weighted by Crippen LogP contribution is 2.24. The molecule has 1 atom stereocenters. The molecule has 0 heterocycles. The summed E-state index contributed by atoms with van der Waals surface area (Å²) >= 11 is 3.55. The van der Waals surface area contributed by atoms with Gasteiger partial charge in [-0.3, -0.25) is 0 Å². The average molecular weight is 347 g/mol. The van der Waals surface area contributed by atoms with E-state index in [1.165, 1.54) is 11.1 Å². The average Bonchev–Trinajstić information content (AvgIpc) is 2.45. The lowest BCUT2D eigenvalue weighted by molar-refractivity contribution is 0.483. The van der Waals surface area contributed by atoms with E-state index in [0.29, 0.717) is 6.54 Å². The Morgan fingerprint density at radius 2 is 1.86 bits per heavy atom. The predicted octanol–water partition coefficient (Wildman–Crippen LogP) is 4.52. The van der Waals surface area contributed by atoms with Crippen LogP contribution in [-0.4, -0.2) is 12.1 Å². The molecule has 1 unspecified atom stereocenters. The summed E-state index contributed by atoms with van der Waals surface area (Å²) in [4.78, 5) is 0. The minimum Gasteiger partial charge on any atom is -0.379 e. The Kier molecular flexibility index (Phi) is 5.43. The smallest absolute Gasteiger partial charge is 0.0470 e. The Bertz CT molecular complexity index is 563. The van der Waals surface area contributed by atoms with Gasteiger partial charge in [0.1, 0.15) is 0 Å². The Labute approximate surface area is 135 Å². The van der Waals surface area contributed by atoms with Gasteiger partial charge in [-0.25, -0.2) is 0 Å². The minimum absolute atomic E-state index is 0.108. The van der Waals surface area contributed by atoms with E-state index in [2.05, 4.69) is 77.6 Å². The van der Waals surface area contributed by atoms with Crippen LogP contribution in [0.2, 0.25) is 0 Å². The molecule has 0 spiro atoms. The number of nitrogens with one attached hydrogen (secondary N) is 1. The topological polar surface area (TPSA) is 38.0 Å². The first-order valence-electron chi connectivity index (χ1n) is 7.30. The number of hydrogen-bond acceptors (Lipinski definition) is 2. The molecule has 0 fully saturated rings. The number of hydrogen-bond donors (Lipinski definition) is 2. The van der Waals surface area contributed by atoms with E-state index >= 15 is 0 Å². The summed E-state index contributed by atoms with van der Waals surface area (Å²) in [5.41, 5.74) is 9.61. The minimum atomic E-state index is -0.108. The molecule has 0 bridgehead atoms. The molecule has 0 saturated heterocycles. The standard InChI is InChI=1S/C18H23BrN2/c1-14-10-16(19)12-17(11-14)21-18(2,13-20)9-8-15-6-4-3-5-7-15/h3-7,10-12,21H,8-9,13,20H2,1-2H3. The lowest BCUT2D eigenvalue weighted by Gasteiger charge is -2.31. The maximum absolute atomic E-state index is 6.02. The molecular formula is C18H23BrN2. The van der Waals surface area contributed by atoms with E-state index in [1.807, 2.05) is 6.07 Å². The molecule has 0 aliphatic rings. The highest BCUT2D eigenvalue weighted by molar-refractivity contribution is 9.10. The Morgan fingerprint density at radius 1 is 1.14 bits per heavy atom. The molecule has 0 aliphatic carbocycles. The van der Waals surface area contributed by atoms with Crippen LogP contribution in [0.4, 0.5) is 5.69 Å². The van der Waals surface area contributed by atoms with Crippen molar-refractivity contribution in [2.75, 3.05) is 11.9 Å². The van der Waals surface area contributed by atoms with Crippen molar-refractivity contribution in [1.29, 1.82) is 0 Å². The summed E-state index contributed by atoms with van der Waals surface area (Å²) in [5.74, 6) is 0. The van der Waals surface area contributed by atoms with Crippen LogP contribution in [0, 0.1) is 6.92 Å². The molecule has 0 aromatic heterocycles. The molecule has 112 valence electrons. The van der Waals surface area contributed by atoms with Crippen molar-refractivity contribution in [3.63, 3.8) is 0 Å². The van der Waals surface area contributed by atoms with Crippen LogP contribution in [0.5, 0.6) is 0 Å². The van der Waals surface area contributed by atoms with E-state index in [0.717, 1.165) is 23.0 Å². The van der Waals surface area contributed by atoms with Crippen molar-refractivity contribution in [3.05, 3.63) is 64.1 Å². The molecule has 0 saturated carbocycles. The molecule has 0 radical (unpaired) electrons. The predicted molar refractivity (Wildman–Crippen MR) is 94.7 cm³/mol. The first-order valence-corrected chi connectivity index (χ1v) is 8.09. The van der Waals surface area contributed by atoms with Crippen LogP contribution in [0.3, 0.4) is 0 Å². The lowest BCUT2D eigenvalue weighted by atomic mass is 9.92. The van der Waals surface area contributed by atoms with Crippen LogP contribution >= 0.6 is 15.9 Å². The zero-order valence-electron chi connectivity index (χ0n) is 12.7. The van der Waals surface area contributed by atoms with Crippen molar-refractivity contribution in [2.45, 2.75) is 32.2 Å². The van der Waals surface area contributed by atoms with E-state index < -0.39 is 0 Å². The third-order valence-corrected chi connectivity index (χ3v) is 4.20. The normalized spacial score (nSPS) is 13.7. The quantitative estimate of drug-likeness (QED) is 0.806. The summed E-state index contributed by atoms with van der Waals surface area (Å²) in [7, 11) is 0. The van der Waals surface area contributed by atoms with Gasteiger partial charge in [0, 0.05) is 22.2 Å². The second-order valence-corrected chi connectivity index (χ2v) is 6.81.